The molecular formula is C26H32N4O4S. The second kappa shape index (κ2) is 12.3. The third-order valence-electron chi connectivity index (χ3n) is 6.73. The predicted octanol–water partition coefficient (Wildman–Crippen LogP) is 4.05. The highest BCUT2D eigenvalue weighted by Gasteiger charge is 2.34. The lowest BCUT2D eigenvalue weighted by molar-refractivity contribution is -0.146. The number of nitrogens with zero attached hydrogens (tertiary/aromatic N) is 4. The summed E-state index contributed by atoms with van der Waals surface area (Å²) in [5.41, 5.74) is 1.61. The van der Waals surface area contributed by atoms with Crippen molar-refractivity contribution >= 4 is 28.6 Å². The van der Waals surface area contributed by atoms with Gasteiger partial charge < -0.3 is 19.8 Å². The van der Waals surface area contributed by atoms with Gasteiger partial charge in [-0.1, -0.05) is 0 Å². The van der Waals surface area contributed by atoms with Gasteiger partial charge in [-0.2, -0.15) is 0 Å². The van der Waals surface area contributed by atoms with Crippen LogP contribution in [0.2, 0.25) is 0 Å². The van der Waals surface area contributed by atoms with E-state index in [0.29, 0.717) is 25.1 Å². The van der Waals surface area contributed by atoms with Crippen LogP contribution in [0.4, 0.5) is 0 Å². The molecule has 2 aromatic heterocycles. The SMILES string of the molecule is COc1ccc2nccc([C@H](O)CC[C@@H]3CCN(CCCSc4cncnc4)C[C@@H]3C(=O)O)c2c1. The van der Waals surface area contributed by atoms with Gasteiger partial charge in [-0.15, -0.1) is 11.8 Å². The van der Waals surface area contributed by atoms with Crippen LogP contribution in [0.25, 0.3) is 10.9 Å². The summed E-state index contributed by atoms with van der Waals surface area (Å²) in [7, 11) is 1.61. The second-order valence-electron chi connectivity index (χ2n) is 8.95. The van der Waals surface area contributed by atoms with Crippen LogP contribution < -0.4 is 4.74 Å². The molecule has 1 aromatic carbocycles. The summed E-state index contributed by atoms with van der Waals surface area (Å²) >= 11 is 1.72. The Morgan fingerprint density at radius 2 is 2.11 bits per heavy atom. The van der Waals surface area contributed by atoms with E-state index in [0.717, 1.165) is 53.0 Å². The Morgan fingerprint density at radius 1 is 1.29 bits per heavy atom. The molecule has 1 saturated heterocycles. The number of carbonyl (C=O) groups is 1. The maximum Gasteiger partial charge on any atom is 0.308 e. The first-order valence-electron chi connectivity index (χ1n) is 12.0. The molecule has 8 nitrogen and oxygen atoms in total. The van der Waals surface area contributed by atoms with Gasteiger partial charge in [-0.3, -0.25) is 9.78 Å². The van der Waals surface area contributed by atoms with Gasteiger partial charge in [0, 0.05) is 35.4 Å². The number of carboxylic acid groups (broad SMARTS) is 1. The number of hydrogen-bond acceptors (Lipinski definition) is 8. The maximum absolute atomic E-state index is 12.1. The molecule has 4 rings (SSSR count). The molecule has 3 atom stereocenters. The highest BCUT2D eigenvalue weighted by atomic mass is 32.2. The number of likely N-dealkylation sites (tertiary alicyclic amines) is 1. The average Bonchev–Trinajstić information content (AvgIpc) is 2.89. The van der Waals surface area contributed by atoms with Crippen LogP contribution in [-0.2, 0) is 4.79 Å². The van der Waals surface area contributed by atoms with E-state index in [-0.39, 0.29) is 5.92 Å². The molecule has 0 saturated carbocycles. The Kier molecular flexibility index (Phi) is 8.90. The molecule has 0 spiro atoms. The quantitative estimate of drug-likeness (QED) is 0.300. The first-order chi connectivity index (χ1) is 17.0. The van der Waals surface area contributed by atoms with Gasteiger partial charge in [0.1, 0.15) is 12.1 Å². The number of benzene rings is 1. The molecule has 0 unspecified atom stereocenters. The van der Waals surface area contributed by atoms with Crippen molar-refractivity contribution < 1.29 is 19.7 Å². The molecule has 3 heterocycles. The van der Waals surface area contributed by atoms with Crippen molar-refractivity contribution in [2.24, 2.45) is 11.8 Å². The van der Waals surface area contributed by atoms with Gasteiger partial charge in [0.2, 0.25) is 0 Å². The largest absolute Gasteiger partial charge is 0.497 e. The number of piperidine rings is 1. The number of aliphatic hydroxyl groups excluding tert-OH is 1. The minimum atomic E-state index is -0.746. The summed E-state index contributed by atoms with van der Waals surface area (Å²) in [5, 5.41) is 21.8. The standard InChI is InChI=1S/C26H32N4O4S/c1-34-19-4-5-24-22(13-19)21(7-9-29-24)25(31)6-3-18-8-11-30(16-23(18)26(32)33)10-2-12-35-20-14-27-17-28-15-20/h4-5,7,9,13-15,17-18,23,25,31H,2-3,6,8,10-12,16H2,1H3,(H,32,33)/t18-,23+,25-/m1/s1. The minimum absolute atomic E-state index is 0.0527. The maximum atomic E-state index is 12.1. The van der Waals surface area contributed by atoms with Crippen LogP contribution in [0.15, 0.2) is 54.1 Å². The van der Waals surface area contributed by atoms with E-state index >= 15 is 0 Å². The Bertz CT molecular complexity index is 1120. The van der Waals surface area contributed by atoms with Crippen molar-refractivity contribution in [2.75, 3.05) is 32.5 Å². The molecule has 0 radical (unpaired) electrons. The van der Waals surface area contributed by atoms with Crippen molar-refractivity contribution in [3.63, 3.8) is 0 Å². The number of pyridine rings is 1. The Labute approximate surface area is 209 Å². The first kappa shape index (κ1) is 25.3. The Morgan fingerprint density at radius 3 is 2.89 bits per heavy atom. The number of carboxylic acids is 1. The van der Waals surface area contributed by atoms with E-state index in [1.54, 1.807) is 25.1 Å². The van der Waals surface area contributed by atoms with Crippen molar-refractivity contribution in [2.45, 2.75) is 36.7 Å². The van der Waals surface area contributed by atoms with Gasteiger partial charge in [0.15, 0.2) is 0 Å². The lowest BCUT2D eigenvalue weighted by Crippen LogP contribution is -2.44. The number of methoxy groups -OCH3 is 1. The van der Waals surface area contributed by atoms with Gasteiger partial charge in [-0.25, -0.2) is 9.97 Å². The fraction of sp³-hybridized carbons (Fsp3) is 0.462. The smallest absolute Gasteiger partial charge is 0.308 e. The van der Waals surface area contributed by atoms with Crippen molar-refractivity contribution in [1.82, 2.24) is 19.9 Å². The molecule has 3 aromatic rings. The third-order valence-corrected chi connectivity index (χ3v) is 7.77. The van der Waals surface area contributed by atoms with E-state index < -0.39 is 18.0 Å². The third kappa shape index (κ3) is 6.68. The van der Waals surface area contributed by atoms with Crippen LogP contribution in [-0.4, -0.2) is 68.5 Å². The molecule has 9 heteroatoms. The molecule has 2 N–H and O–H groups in total. The normalized spacial score (nSPS) is 19.5. The zero-order chi connectivity index (χ0) is 24.6. The number of thioether (sulfide) groups is 1. The number of aliphatic hydroxyl groups is 1. The monoisotopic (exact) mass is 496 g/mol. The summed E-state index contributed by atoms with van der Waals surface area (Å²) in [6.45, 7) is 2.33. The Hall–Kier alpha value is -2.75. The average molecular weight is 497 g/mol. The predicted molar refractivity (Wildman–Crippen MR) is 136 cm³/mol. The van der Waals surface area contributed by atoms with Crippen molar-refractivity contribution in [3.8, 4) is 5.75 Å². The lowest BCUT2D eigenvalue weighted by Gasteiger charge is -2.37. The van der Waals surface area contributed by atoms with E-state index in [2.05, 4.69) is 19.9 Å². The molecule has 0 bridgehead atoms. The minimum Gasteiger partial charge on any atom is -0.497 e. The number of aliphatic carboxylic acids is 1. The van der Waals surface area contributed by atoms with E-state index in [4.69, 9.17) is 4.74 Å². The van der Waals surface area contributed by atoms with E-state index in [9.17, 15) is 15.0 Å². The zero-order valence-corrected chi connectivity index (χ0v) is 20.7. The number of fused-ring (bicyclic) bond motifs is 1. The molecular weight excluding hydrogens is 464 g/mol. The van der Waals surface area contributed by atoms with E-state index in [1.165, 1.54) is 6.33 Å². The molecule has 35 heavy (non-hydrogen) atoms. The Balaban J connectivity index is 1.30. The van der Waals surface area contributed by atoms with Crippen LogP contribution in [0.3, 0.4) is 0 Å². The molecule has 186 valence electrons. The first-order valence-corrected chi connectivity index (χ1v) is 13.0. The zero-order valence-electron chi connectivity index (χ0n) is 19.9. The van der Waals surface area contributed by atoms with Gasteiger partial charge in [0.25, 0.3) is 0 Å². The number of aromatic nitrogens is 3. The fourth-order valence-corrected chi connectivity index (χ4v) is 5.61. The summed E-state index contributed by atoms with van der Waals surface area (Å²) in [6.07, 6.45) is 9.16. The van der Waals surface area contributed by atoms with Crippen molar-refractivity contribution in [1.29, 1.82) is 0 Å². The van der Waals surface area contributed by atoms with Gasteiger partial charge in [0.05, 0.1) is 24.6 Å². The molecule has 1 aliphatic heterocycles. The second-order valence-corrected chi connectivity index (χ2v) is 10.1. The molecule has 1 fully saturated rings. The molecule has 0 amide bonds. The van der Waals surface area contributed by atoms with Gasteiger partial charge in [-0.05, 0) is 80.3 Å². The summed E-state index contributed by atoms with van der Waals surface area (Å²) in [6, 6.07) is 7.46. The summed E-state index contributed by atoms with van der Waals surface area (Å²) < 4.78 is 5.33. The van der Waals surface area contributed by atoms with Crippen LogP contribution in [0.1, 0.15) is 37.4 Å². The van der Waals surface area contributed by atoms with Crippen molar-refractivity contribution in [3.05, 3.63) is 54.7 Å². The number of rotatable bonds is 11. The van der Waals surface area contributed by atoms with Crippen LogP contribution in [0.5, 0.6) is 5.75 Å². The number of hydrogen-bond donors (Lipinski definition) is 2. The van der Waals surface area contributed by atoms with Crippen LogP contribution >= 0.6 is 11.8 Å². The highest BCUT2D eigenvalue weighted by Crippen LogP contribution is 2.34. The molecule has 0 aliphatic carbocycles. The highest BCUT2D eigenvalue weighted by molar-refractivity contribution is 7.99. The van der Waals surface area contributed by atoms with Crippen LogP contribution in [0, 0.1) is 11.8 Å². The van der Waals surface area contributed by atoms with E-state index in [1.807, 2.05) is 36.7 Å². The molecule has 1 aliphatic rings. The lowest BCUT2D eigenvalue weighted by atomic mass is 9.81. The fourth-order valence-electron chi connectivity index (χ4n) is 4.83. The number of ether oxygens (including phenoxy) is 1. The summed E-state index contributed by atoms with van der Waals surface area (Å²) in [5.74, 6) is 0.552. The topological polar surface area (TPSA) is 109 Å². The van der Waals surface area contributed by atoms with Gasteiger partial charge >= 0.3 is 5.97 Å². The summed E-state index contributed by atoms with van der Waals surface area (Å²) in [4.78, 5) is 27.8.